The van der Waals surface area contributed by atoms with E-state index in [9.17, 15) is 14.7 Å². The van der Waals surface area contributed by atoms with Gasteiger partial charge in [-0.1, -0.05) is 41.4 Å². The molecule has 0 bridgehead atoms. The van der Waals surface area contributed by atoms with Crippen LogP contribution in [0.5, 0.6) is 0 Å². The molecule has 0 spiro atoms. The zero-order valence-corrected chi connectivity index (χ0v) is 13.3. The molecule has 20 heavy (non-hydrogen) atoms. The molecular weight excluding hydrogens is 324 g/mol. The first kappa shape index (κ1) is 16.7. The van der Waals surface area contributed by atoms with E-state index in [0.717, 1.165) is 10.0 Å². The summed E-state index contributed by atoms with van der Waals surface area (Å²) in [4.78, 5) is 23.8. The molecule has 1 aromatic carbocycles. The Bertz CT molecular complexity index is 469. The lowest BCUT2D eigenvalue weighted by atomic mass is 9.78. The summed E-state index contributed by atoms with van der Waals surface area (Å²) in [7, 11) is 0. The highest BCUT2D eigenvalue weighted by Gasteiger charge is 2.46. The number of halogens is 1. The van der Waals surface area contributed by atoms with Gasteiger partial charge in [0.1, 0.15) is 0 Å². The number of hydrogen-bond donors (Lipinski definition) is 1. The second-order valence-corrected chi connectivity index (χ2v) is 5.58. The van der Waals surface area contributed by atoms with Crippen LogP contribution in [0.2, 0.25) is 0 Å². The SMILES string of the molecule is CCCC(Cc1ccc(Br)cc1)(C(=O)O)C(=O)OCC. The smallest absolute Gasteiger partial charge is 0.323 e. The van der Waals surface area contributed by atoms with Crippen molar-refractivity contribution in [1.29, 1.82) is 0 Å². The van der Waals surface area contributed by atoms with Crippen molar-refractivity contribution in [3.63, 3.8) is 0 Å². The standard InChI is InChI=1S/C15H19BrO4/c1-3-9-15(13(17)18,14(19)20-4-2)10-11-5-7-12(16)8-6-11/h5-8H,3-4,9-10H2,1-2H3,(H,17,18). The Kier molecular flexibility index (Phi) is 6.20. The van der Waals surface area contributed by atoms with Crippen molar-refractivity contribution in [2.24, 2.45) is 5.41 Å². The minimum atomic E-state index is -1.50. The van der Waals surface area contributed by atoms with Crippen LogP contribution in [0.25, 0.3) is 0 Å². The highest BCUT2D eigenvalue weighted by molar-refractivity contribution is 9.10. The number of carbonyl (C=O) groups is 2. The normalized spacial score (nSPS) is 13.6. The van der Waals surface area contributed by atoms with Crippen molar-refractivity contribution in [3.8, 4) is 0 Å². The molecule has 0 radical (unpaired) electrons. The molecule has 1 N–H and O–H groups in total. The van der Waals surface area contributed by atoms with Gasteiger partial charge in [0, 0.05) is 4.47 Å². The molecule has 0 aliphatic carbocycles. The van der Waals surface area contributed by atoms with E-state index < -0.39 is 17.4 Å². The molecule has 4 nitrogen and oxygen atoms in total. The molecule has 0 heterocycles. The lowest BCUT2D eigenvalue weighted by Gasteiger charge is -2.26. The van der Waals surface area contributed by atoms with Gasteiger partial charge >= 0.3 is 11.9 Å². The molecule has 1 rings (SSSR count). The Morgan fingerprint density at radius 3 is 2.30 bits per heavy atom. The first-order valence-electron chi connectivity index (χ1n) is 6.61. The van der Waals surface area contributed by atoms with E-state index in [0.29, 0.717) is 6.42 Å². The summed E-state index contributed by atoms with van der Waals surface area (Å²) in [6, 6.07) is 7.30. The van der Waals surface area contributed by atoms with Gasteiger partial charge in [0.25, 0.3) is 0 Å². The molecule has 110 valence electrons. The van der Waals surface area contributed by atoms with E-state index in [2.05, 4.69) is 15.9 Å². The maximum Gasteiger partial charge on any atom is 0.323 e. The van der Waals surface area contributed by atoms with Gasteiger partial charge in [-0.25, -0.2) is 0 Å². The Balaban J connectivity index is 3.11. The quantitative estimate of drug-likeness (QED) is 0.609. The number of carbonyl (C=O) groups excluding carboxylic acids is 1. The summed E-state index contributed by atoms with van der Waals surface area (Å²) in [5.41, 5.74) is -0.699. The van der Waals surface area contributed by atoms with Crippen LogP contribution in [0.4, 0.5) is 0 Å². The monoisotopic (exact) mass is 342 g/mol. The number of carboxylic acid groups (broad SMARTS) is 1. The Labute approximate surface area is 127 Å². The molecular formula is C15H19BrO4. The number of hydrogen-bond acceptors (Lipinski definition) is 3. The van der Waals surface area contributed by atoms with Crippen molar-refractivity contribution in [2.75, 3.05) is 6.61 Å². The first-order valence-corrected chi connectivity index (χ1v) is 7.40. The summed E-state index contributed by atoms with van der Waals surface area (Å²) in [5, 5.41) is 9.56. The molecule has 1 aromatic rings. The van der Waals surface area contributed by atoms with E-state index >= 15 is 0 Å². The van der Waals surface area contributed by atoms with Crippen LogP contribution >= 0.6 is 15.9 Å². The van der Waals surface area contributed by atoms with E-state index in [1.165, 1.54) is 0 Å². The molecule has 0 saturated carbocycles. The van der Waals surface area contributed by atoms with Crippen molar-refractivity contribution in [3.05, 3.63) is 34.3 Å². The lowest BCUT2D eigenvalue weighted by Crippen LogP contribution is -2.42. The highest BCUT2D eigenvalue weighted by atomic mass is 79.9. The fourth-order valence-corrected chi connectivity index (χ4v) is 2.44. The number of benzene rings is 1. The van der Waals surface area contributed by atoms with Gasteiger partial charge in [-0.15, -0.1) is 0 Å². The molecule has 0 saturated heterocycles. The van der Waals surface area contributed by atoms with Crippen LogP contribution in [0.15, 0.2) is 28.7 Å². The average molecular weight is 343 g/mol. The van der Waals surface area contributed by atoms with Crippen molar-refractivity contribution < 1.29 is 19.4 Å². The molecule has 0 aromatic heterocycles. The van der Waals surface area contributed by atoms with Gasteiger partial charge in [0.05, 0.1) is 6.61 Å². The van der Waals surface area contributed by atoms with Crippen LogP contribution in [0.3, 0.4) is 0 Å². The molecule has 0 aliphatic rings. The molecule has 1 unspecified atom stereocenters. The number of ether oxygens (including phenoxy) is 1. The molecule has 0 amide bonds. The van der Waals surface area contributed by atoms with Crippen LogP contribution in [-0.2, 0) is 20.7 Å². The van der Waals surface area contributed by atoms with Crippen LogP contribution in [-0.4, -0.2) is 23.7 Å². The van der Waals surface area contributed by atoms with Gasteiger partial charge < -0.3 is 9.84 Å². The molecule has 5 heteroatoms. The lowest BCUT2D eigenvalue weighted by molar-refractivity contribution is -0.169. The molecule has 1 atom stereocenters. The fourth-order valence-electron chi connectivity index (χ4n) is 2.18. The minimum absolute atomic E-state index is 0.141. The zero-order chi connectivity index (χ0) is 15.2. The van der Waals surface area contributed by atoms with E-state index in [1.54, 1.807) is 6.92 Å². The Morgan fingerprint density at radius 1 is 1.25 bits per heavy atom. The summed E-state index contributed by atoms with van der Waals surface area (Å²) >= 11 is 3.33. The number of carboxylic acids is 1. The van der Waals surface area contributed by atoms with Crippen molar-refractivity contribution in [2.45, 2.75) is 33.1 Å². The number of esters is 1. The summed E-state index contributed by atoms with van der Waals surface area (Å²) < 4.78 is 5.90. The Morgan fingerprint density at radius 2 is 1.85 bits per heavy atom. The number of rotatable bonds is 7. The molecule has 0 fully saturated rings. The third-order valence-electron chi connectivity index (χ3n) is 3.17. The van der Waals surface area contributed by atoms with Gasteiger partial charge in [-0.05, 0) is 37.5 Å². The van der Waals surface area contributed by atoms with Crippen molar-refractivity contribution >= 4 is 27.9 Å². The van der Waals surface area contributed by atoms with Crippen LogP contribution in [0, 0.1) is 5.41 Å². The zero-order valence-electron chi connectivity index (χ0n) is 11.7. The number of aliphatic carboxylic acids is 1. The van der Waals surface area contributed by atoms with Crippen LogP contribution < -0.4 is 0 Å². The van der Waals surface area contributed by atoms with Crippen molar-refractivity contribution in [1.82, 2.24) is 0 Å². The maximum absolute atomic E-state index is 12.2. The van der Waals surface area contributed by atoms with E-state index in [-0.39, 0.29) is 19.4 Å². The van der Waals surface area contributed by atoms with Gasteiger partial charge in [0.15, 0.2) is 5.41 Å². The minimum Gasteiger partial charge on any atom is -0.480 e. The predicted octanol–water partition coefficient (Wildman–Crippen LogP) is 3.43. The van der Waals surface area contributed by atoms with Gasteiger partial charge in [-0.3, -0.25) is 9.59 Å². The average Bonchev–Trinajstić information content (AvgIpc) is 2.40. The van der Waals surface area contributed by atoms with E-state index in [4.69, 9.17) is 4.74 Å². The first-order chi connectivity index (χ1) is 9.46. The maximum atomic E-state index is 12.2. The second kappa shape index (κ2) is 7.43. The topological polar surface area (TPSA) is 63.6 Å². The van der Waals surface area contributed by atoms with Crippen LogP contribution in [0.1, 0.15) is 32.3 Å². The predicted molar refractivity (Wildman–Crippen MR) is 79.5 cm³/mol. The summed E-state index contributed by atoms with van der Waals surface area (Å²) in [5.74, 6) is -1.78. The fraction of sp³-hybridized carbons (Fsp3) is 0.467. The third-order valence-corrected chi connectivity index (χ3v) is 3.70. The largest absolute Gasteiger partial charge is 0.480 e. The summed E-state index contributed by atoms with van der Waals surface area (Å²) in [6.45, 7) is 3.71. The van der Waals surface area contributed by atoms with E-state index in [1.807, 2.05) is 31.2 Å². The van der Waals surface area contributed by atoms with Gasteiger partial charge in [-0.2, -0.15) is 0 Å². The highest BCUT2D eigenvalue weighted by Crippen LogP contribution is 2.31. The Hall–Kier alpha value is -1.36. The second-order valence-electron chi connectivity index (χ2n) is 4.66. The molecule has 0 aliphatic heterocycles. The third kappa shape index (κ3) is 3.82. The summed E-state index contributed by atoms with van der Waals surface area (Å²) in [6.07, 6.45) is 1.00. The van der Waals surface area contributed by atoms with Gasteiger partial charge in [0.2, 0.25) is 0 Å².